The summed E-state index contributed by atoms with van der Waals surface area (Å²) in [5, 5.41) is 1.41. The summed E-state index contributed by atoms with van der Waals surface area (Å²) >= 11 is 3.22. The van der Waals surface area contributed by atoms with E-state index in [1.54, 1.807) is 18.5 Å². The van der Waals surface area contributed by atoms with E-state index in [0.717, 1.165) is 9.86 Å². The number of hydrogen-bond donors (Lipinski definition) is 0. The Balaban J connectivity index is 2.89. The summed E-state index contributed by atoms with van der Waals surface area (Å²) in [5.41, 5.74) is 0. The molecule has 12 heavy (non-hydrogen) atoms. The van der Waals surface area contributed by atoms with Crippen molar-refractivity contribution in [3.8, 4) is 0 Å². The van der Waals surface area contributed by atoms with Crippen LogP contribution >= 0.6 is 15.9 Å². The van der Waals surface area contributed by atoms with Gasteiger partial charge >= 0.3 is 0 Å². The minimum Gasteiger partial charge on any atom is -0.264 e. The molecule has 0 N–H and O–H groups in total. The van der Waals surface area contributed by atoms with Gasteiger partial charge in [-0.2, -0.15) is 0 Å². The topological polar surface area (TPSA) is 12.9 Å². The van der Waals surface area contributed by atoms with Gasteiger partial charge in [-0.15, -0.1) is 0 Å². The molecule has 0 amide bonds. The molecule has 0 fully saturated rings. The molecule has 1 nitrogen and oxygen atoms in total. The Labute approximate surface area is 77.4 Å². The quantitative estimate of drug-likeness (QED) is 0.672. The van der Waals surface area contributed by atoms with Crippen molar-refractivity contribution in [1.82, 2.24) is 4.98 Å². The predicted molar refractivity (Wildman–Crippen MR) is 49.4 cm³/mol. The average Bonchev–Trinajstić information content (AvgIpc) is 2.04. The first kappa shape index (κ1) is 7.68. The molecule has 0 radical (unpaired) electrons. The van der Waals surface area contributed by atoms with E-state index >= 15 is 0 Å². The maximum Gasteiger partial charge on any atom is 0.132 e. The number of rotatable bonds is 0. The van der Waals surface area contributed by atoms with Gasteiger partial charge in [0.2, 0.25) is 0 Å². The molecule has 0 saturated carbocycles. The molecule has 0 aliphatic heterocycles. The molecule has 0 unspecified atom stereocenters. The van der Waals surface area contributed by atoms with E-state index in [4.69, 9.17) is 0 Å². The molecule has 0 bridgehead atoms. The van der Waals surface area contributed by atoms with Crippen LogP contribution in [0, 0.1) is 5.82 Å². The summed E-state index contributed by atoms with van der Waals surface area (Å²) < 4.78 is 13.9. The van der Waals surface area contributed by atoms with Crippen molar-refractivity contribution in [2.45, 2.75) is 0 Å². The van der Waals surface area contributed by atoms with Gasteiger partial charge in [-0.25, -0.2) is 4.39 Å². The predicted octanol–water partition coefficient (Wildman–Crippen LogP) is 3.14. The van der Waals surface area contributed by atoms with Crippen molar-refractivity contribution in [2.75, 3.05) is 0 Å². The van der Waals surface area contributed by atoms with E-state index < -0.39 is 0 Å². The Morgan fingerprint density at radius 3 is 3.00 bits per heavy atom. The Bertz CT molecular complexity index is 428. The number of pyridine rings is 1. The Kier molecular flexibility index (Phi) is 1.81. The molecule has 2 aromatic rings. The van der Waals surface area contributed by atoms with Crippen LogP contribution in [0.1, 0.15) is 0 Å². The molecule has 1 heterocycles. The zero-order chi connectivity index (χ0) is 8.55. The van der Waals surface area contributed by atoms with Gasteiger partial charge in [-0.1, -0.05) is 15.9 Å². The van der Waals surface area contributed by atoms with Crippen LogP contribution in [0.15, 0.2) is 35.1 Å². The number of hydrogen-bond acceptors (Lipinski definition) is 1. The molecule has 0 saturated heterocycles. The van der Waals surface area contributed by atoms with E-state index in [1.807, 2.05) is 6.07 Å². The zero-order valence-electron chi connectivity index (χ0n) is 6.09. The summed E-state index contributed by atoms with van der Waals surface area (Å²) in [6, 6.07) is 4.95. The minimum absolute atomic E-state index is 0.221. The van der Waals surface area contributed by atoms with Crippen LogP contribution in [0.25, 0.3) is 10.8 Å². The number of benzene rings is 1. The average molecular weight is 226 g/mol. The van der Waals surface area contributed by atoms with Gasteiger partial charge in [0.25, 0.3) is 0 Å². The molecule has 0 aliphatic carbocycles. The Hall–Kier alpha value is -0.960. The first-order chi connectivity index (χ1) is 5.77. The standard InChI is InChI=1S/C9H5BrFN/c10-7-3-6-5-12-2-1-8(6)9(11)4-7/h1-5H. The Morgan fingerprint density at radius 1 is 1.33 bits per heavy atom. The smallest absolute Gasteiger partial charge is 0.132 e. The van der Waals surface area contributed by atoms with E-state index in [1.165, 1.54) is 6.07 Å². The van der Waals surface area contributed by atoms with E-state index in [-0.39, 0.29) is 5.82 Å². The number of nitrogens with zero attached hydrogens (tertiary/aromatic N) is 1. The molecule has 1 aromatic heterocycles. The second-order valence-electron chi connectivity index (χ2n) is 2.48. The van der Waals surface area contributed by atoms with Crippen LogP contribution < -0.4 is 0 Å². The number of fused-ring (bicyclic) bond motifs is 1. The summed E-state index contributed by atoms with van der Waals surface area (Å²) in [7, 11) is 0. The third-order valence-electron chi connectivity index (χ3n) is 1.67. The highest BCUT2D eigenvalue weighted by atomic mass is 79.9. The molecule has 0 aliphatic rings. The van der Waals surface area contributed by atoms with Crippen LogP contribution in [-0.4, -0.2) is 4.98 Å². The van der Waals surface area contributed by atoms with Gasteiger partial charge in [0.1, 0.15) is 5.82 Å². The normalized spacial score (nSPS) is 10.5. The van der Waals surface area contributed by atoms with Gasteiger partial charge < -0.3 is 0 Å². The largest absolute Gasteiger partial charge is 0.264 e. The van der Waals surface area contributed by atoms with Gasteiger partial charge in [0.15, 0.2) is 0 Å². The monoisotopic (exact) mass is 225 g/mol. The molecule has 60 valence electrons. The maximum atomic E-state index is 13.2. The highest BCUT2D eigenvalue weighted by Gasteiger charge is 2.00. The SMILES string of the molecule is Fc1cc(Br)cc2cnccc12. The van der Waals surface area contributed by atoms with Crippen molar-refractivity contribution >= 4 is 26.7 Å². The molecule has 1 aromatic carbocycles. The van der Waals surface area contributed by atoms with Gasteiger partial charge in [0.05, 0.1) is 0 Å². The lowest BCUT2D eigenvalue weighted by Gasteiger charge is -1.98. The Morgan fingerprint density at radius 2 is 2.17 bits per heavy atom. The van der Waals surface area contributed by atoms with Crippen LogP contribution in [0.2, 0.25) is 0 Å². The first-order valence-electron chi connectivity index (χ1n) is 3.46. The van der Waals surface area contributed by atoms with E-state index in [2.05, 4.69) is 20.9 Å². The van der Waals surface area contributed by atoms with Crippen LogP contribution in [0.4, 0.5) is 4.39 Å². The third-order valence-corrected chi connectivity index (χ3v) is 2.13. The fourth-order valence-electron chi connectivity index (χ4n) is 1.13. The van der Waals surface area contributed by atoms with Crippen molar-refractivity contribution in [1.29, 1.82) is 0 Å². The highest BCUT2D eigenvalue weighted by molar-refractivity contribution is 9.10. The van der Waals surface area contributed by atoms with E-state index in [9.17, 15) is 4.39 Å². The molecular weight excluding hydrogens is 221 g/mol. The van der Waals surface area contributed by atoms with Crippen LogP contribution in [0.5, 0.6) is 0 Å². The second kappa shape index (κ2) is 2.83. The fraction of sp³-hybridized carbons (Fsp3) is 0. The summed E-state index contributed by atoms with van der Waals surface area (Å²) in [4.78, 5) is 3.91. The lowest BCUT2D eigenvalue weighted by atomic mass is 10.2. The summed E-state index contributed by atoms with van der Waals surface area (Å²) in [5.74, 6) is -0.221. The molecule has 2 rings (SSSR count). The van der Waals surface area contributed by atoms with Crippen molar-refractivity contribution in [3.05, 3.63) is 40.9 Å². The maximum absolute atomic E-state index is 13.2. The minimum atomic E-state index is -0.221. The highest BCUT2D eigenvalue weighted by Crippen LogP contribution is 2.21. The summed E-state index contributed by atoms with van der Waals surface area (Å²) in [6.45, 7) is 0. The van der Waals surface area contributed by atoms with Crippen molar-refractivity contribution in [2.24, 2.45) is 0 Å². The number of aromatic nitrogens is 1. The lowest BCUT2D eigenvalue weighted by molar-refractivity contribution is 0.639. The molecular formula is C9H5BrFN. The molecule has 0 spiro atoms. The summed E-state index contributed by atoms with van der Waals surface area (Å²) in [6.07, 6.45) is 3.22. The first-order valence-corrected chi connectivity index (χ1v) is 4.25. The van der Waals surface area contributed by atoms with Crippen LogP contribution in [0.3, 0.4) is 0 Å². The van der Waals surface area contributed by atoms with Crippen molar-refractivity contribution in [3.63, 3.8) is 0 Å². The second-order valence-corrected chi connectivity index (χ2v) is 3.40. The molecule has 3 heteroatoms. The van der Waals surface area contributed by atoms with Gasteiger partial charge in [-0.3, -0.25) is 4.98 Å². The van der Waals surface area contributed by atoms with Crippen LogP contribution in [-0.2, 0) is 0 Å². The van der Waals surface area contributed by atoms with Crippen molar-refractivity contribution < 1.29 is 4.39 Å². The lowest BCUT2D eigenvalue weighted by Crippen LogP contribution is -1.80. The van der Waals surface area contributed by atoms with E-state index in [0.29, 0.717) is 5.39 Å². The van der Waals surface area contributed by atoms with Gasteiger partial charge in [0, 0.05) is 27.6 Å². The van der Waals surface area contributed by atoms with Gasteiger partial charge in [-0.05, 0) is 18.2 Å². The number of halogens is 2. The third kappa shape index (κ3) is 1.20. The fourth-order valence-corrected chi connectivity index (χ4v) is 1.58. The zero-order valence-corrected chi connectivity index (χ0v) is 7.68. The molecule has 0 atom stereocenters.